The van der Waals surface area contributed by atoms with Crippen molar-refractivity contribution in [2.45, 2.75) is 52.3 Å². The van der Waals surface area contributed by atoms with Crippen LogP contribution in [0.25, 0.3) is 0 Å². The summed E-state index contributed by atoms with van der Waals surface area (Å²) in [6.07, 6.45) is 2.00. The van der Waals surface area contributed by atoms with E-state index >= 15 is 0 Å². The molecule has 2 rings (SSSR count). The second kappa shape index (κ2) is 7.27. The Balaban J connectivity index is 2.13. The van der Waals surface area contributed by atoms with E-state index in [2.05, 4.69) is 32.6 Å². The molecule has 1 atom stereocenters. The maximum absolute atomic E-state index is 11.9. The molecule has 1 aromatic rings. The highest BCUT2D eigenvalue weighted by molar-refractivity contribution is 9.10. The van der Waals surface area contributed by atoms with Crippen LogP contribution in [0, 0.1) is 6.92 Å². The largest absolute Gasteiger partial charge is 0.480 e. The van der Waals surface area contributed by atoms with Gasteiger partial charge in [-0.3, -0.25) is 4.79 Å². The second-order valence-corrected chi connectivity index (χ2v) is 6.44. The van der Waals surface area contributed by atoms with Crippen LogP contribution in [0.1, 0.15) is 37.8 Å². The van der Waals surface area contributed by atoms with E-state index < -0.39 is 6.10 Å². The summed E-state index contributed by atoms with van der Waals surface area (Å²) in [5, 5.41) is 6.28. The van der Waals surface area contributed by atoms with Crippen LogP contribution in [-0.4, -0.2) is 24.6 Å². The van der Waals surface area contributed by atoms with Crippen molar-refractivity contribution < 1.29 is 9.53 Å². The molecule has 0 aromatic heterocycles. The molecule has 0 bridgehead atoms. The fourth-order valence-electron chi connectivity index (χ4n) is 2.19. The van der Waals surface area contributed by atoms with E-state index in [1.165, 1.54) is 12.8 Å². The van der Waals surface area contributed by atoms with Gasteiger partial charge < -0.3 is 15.4 Å². The van der Waals surface area contributed by atoms with E-state index in [1.54, 1.807) is 6.92 Å². The number of nitrogens with one attached hydrogen (secondary N) is 2. The number of carbonyl (C=O) groups is 1. The normalized spacial score (nSPS) is 15.6. The molecule has 1 saturated carbocycles. The molecule has 0 heterocycles. The molecule has 0 aliphatic heterocycles. The number of likely N-dealkylation sites (N-methyl/N-ethyl adjacent to an activating group) is 1. The zero-order chi connectivity index (χ0) is 15.4. The van der Waals surface area contributed by atoms with Crippen molar-refractivity contribution in [3.05, 3.63) is 27.7 Å². The smallest absolute Gasteiger partial charge is 0.260 e. The van der Waals surface area contributed by atoms with Gasteiger partial charge in [0.25, 0.3) is 5.91 Å². The molecule has 0 saturated heterocycles. The number of aryl methyl sites for hydroxylation is 1. The third-order valence-electron chi connectivity index (χ3n) is 3.49. The van der Waals surface area contributed by atoms with Crippen molar-refractivity contribution in [3.63, 3.8) is 0 Å². The third kappa shape index (κ3) is 4.71. The van der Waals surface area contributed by atoms with Gasteiger partial charge >= 0.3 is 0 Å². The predicted octanol–water partition coefficient (Wildman–Crippen LogP) is 2.91. The lowest BCUT2D eigenvalue weighted by atomic mass is 10.1. The molecule has 1 fully saturated rings. The van der Waals surface area contributed by atoms with Gasteiger partial charge in [-0.25, -0.2) is 0 Å². The van der Waals surface area contributed by atoms with Gasteiger partial charge in [-0.2, -0.15) is 0 Å². The molecule has 116 valence electrons. The van der Waals surface area contributed by atoms with E-state index in [-0.39, 0.29) is 5.91 Å². The van der Waals surface area contributed by atoms with E-state index in [1.807, 2.05) is 19.9 Å². The first-order valence-corrected chi connectivity index (χ1v) is 8.27. The van der Waals surface area contributed by atoms with Gasteiger partial charge in [0.2, 0.25) is 0 Å². The predicted molar refractivity (Wildman–Crippen MR) is 87.5 cm³/mol. The number of carbonyl (C=O) groups excluding carboxylic acids is 1. The summed E-state index contributed by atoms with van der Waals surface area (Å²) < 4.78 is 6.96. The van der Waals surface area contributed by atoms with Crippen LogP contribution >= 0.6 is 15.9 Å². The summed E-state index contributed by atoms with van der Waals surface area (Å²) in [5.41, 5.74) is 2.12. The Labute approximate surface area is 134 Å². The van der Waals surface area contributed by atoms with E-state index in [0.717, 1.165) is 27.9 Å². The SMILES string of the molecule is CCNC(=O)C(C)Oc1c(C)cc(Br)cc1CNC1CC1. The number of amides is 1. The fraction of sp³-hybridized carbons (Fsp3) is 0.562. The first kappa shape index (κ1) is 16.3. The van der Waals surface area contributed by atoms with Crippen LogP contribution in [0.3, 0.4) is 0 Å². The molecule has 1 aliphatic carbocycles. The van der Waals surface area contributed by atoms with E-state index in [0.29, 0.717) is 12.6 Å². The van der Waals surface area contributed by atoms with Crippen molar-refractivity contribution in [1.29, 1.82) is 0 Å². The summed E-state index contributed by atoms with van der Waals surface area (Å²) in [5.74, 6) is 0.728. The summed E-state index contributed by atoms with van der Waals surface area (Å²) in [6.45, 7) is 7.07. The van der Waals surface area contributed by atoms with Crippen molar-refractivity contribution in [2.75, 3.05) is 6.54 Å². The molecule has 5 heteroatoms. The van der Waals surface area contributed by atoms with Crippen LogP contribution < -0.4 is 15.4 Å². The molecule has 1 aromatic carbocycles. The second-order valence-electron chi connectivity index (χ2n) is 5.52. The number of hydrogen-bond donors (Lipinski definition) is 2. The lowest BCUT2D eigenvalue weighted by Crippen LogP contribution is -2.36. The van der Waals surface area contributed by atoms with Crippen LogP contribution in [0.4, 0.5) is 0 Å². The molecule has 21 heavy (non-hydrogen) atoms. The van der Waals surface area contributed by atoms with Gasteiger partial charge in [-0.05, 0) is 51.3 Å². The minimum Gasteiger partial charge on any atom is -0.480 e. The van der Waals surface area contributed by atoms with Crippen LogP contribution in [0.2, 0.25) is 0 Å². The molecule has 1 amide bonds. The monoisotopic (exact) mass is 354 g/mol. The van der Waals surface area contributed by atoms with Gasteiger partial charge in [-0.15, -0.1) is 0 Å². The van der Waals surface area contributed by atoms with Crippen molar-refractivity contribution in [2.24, 2.45) is 0 Å². The Morgan fingerprint density at radius 2 is 2.19 bits per heavy atom. The van der Waals surface area contributed by atoms with E-state index in [4.69, 9.17) is 4.74 Å². The zero-order valence-electron chi connectivity index (χ0n) is 12.8. The zero-order valence-corrected chi connectivity index (χ0v) is 14.4. The maximum atomic E-state index is 11.9. The Morgan fingerprint density at radius 1 is 1.48 bits per heavy atom. The lowest BCUT2D eigenvalue weighted by molar-refractivity contribution is -0.127. The lowest BCUT2D eigenvalue weighted by Gasteiger charge is -2.19. The molecule has 4 nitrogen and oxygen atoms in total. The Bertz CT molecular complexity index is 515. The standard InChI is InChI=1S/C16H23BrN2O2/c1-4-18-16(20)11(3)21-15-10(2)7-13(17)8-12(15)9-19-14-5-6-14/h7-8,11,14,19H,4-6,9H2,1-3H3,(H,18,20). The molecular formula is C16H23BrN2O2. The highest BCUT2D eigenvalue weighted by Crippen LogP contribution is 2.30. The van der Waals surface area contributed by atoms with Crippen LogP contribution in [0.15, 0.2) is 16.6 Å². The summed E-state index contributed by atoms with van der Waals surface area (Å²) >= 11 is 3.53. The Hall–Kier alpha value is -1.07. The number of benzene rings is 1. The fourth-order valence-corrected chi connectivity index (χ4v) is 2.81. The maximum Gasteiger partial charge on any atom is 0.260 e. The highest BCUT2D eigenvalue weighted by Gasteiger charge is 2.22. The first-order chi connectivity index (χ1) is 10.0. The topological polar surface area (TPSA) is 50.4 Å². The quantitative estimate of drug-likeness (QED) is 0.791. The molecule has 1 unspecified atom stereocenters. The average molecular weight is 355 g/mol. The van der Waals surface area contributed by atoms with Gasteiger partial charge in [0.1, 0.15) is 5.75 Å². The number of rotatable bonds is 7. The molecule has 0 spiro atoms. The minimum absolute atomic E-state index is 0.0825. The first-order valence-electron chi connectivity index (χ1n) is 7.48. The van der Waals surface area contributed by atoms with Crippen molar-refractivity contribution in [3.8, 4) is 5.75 Å². The van der Waals surface area contributed by atoms with Gasteiger partial charge in [-0.1, -0.05) is 15.9 Å². The number of hydrogen-bond acceptors (Lipinski definition) is 3. The number of halogens is 1. The average Bonchev–Trinajstić information content (AvgIpc) is 3.24. The molecule has 2 N–H and O–H groups in total. The summed E-state index contributed by atoms with van der Waals surface area (Å²) in [6, 6.07) is 4.71. The van der Waals surface area contributed by atoms with Crippen molar-refractivity contribution >= 4 is 21.8 Å². The Kier molecular flexibility index (Phi) is 5.65. The summed E-state index contributed by atoms with van der Waals surface area (Å²) in [4.78, 5) is 11.9. The molecule has 0 radical (unpaired) electrons. The van der Waals surface area contributed by atoms with Gasteiger partial charge in [0.05, 0.1) is 0 Å². The third-order valence-corrected chi connectivity index (χ3v) is 3.95. The summed E-state index contributed by atoms with van der Waals surface area (Å²) in [7, 11) is 0. The van der Waals surface area contributed by atoms with Crippen LogP contribution in [-0.2, 0) is 11.3 Å². The highest BCUT2D eigenvalue weighted by atomic mass is 79.9. The molecule has 1 aliphatic rings. The number of ether oxygens (including phenoxy) is 1. The van der Waals surface area contributed by atoms with Crippen molar-refractivity contribution in [1.82, 2.24) is 10.6 Å². The van der Waals surface area contributed by atoms with E-state index in [9.17, 15) is 4.79 Å². The van der Waals surface area contributed by atoms with Crippen LogP contribution in [0.5, 0.6) is 5.75 Å². The van der Waals surface area contributed by atoms with Gasteiger partial charge in [0, 0.05) is 29.2 Å². The Morgan fingerprint density at radius 3 is 2.81 bits per heavy atom. The molecular weight excluding hydrogens is 332 g/mol. The minimum atomic E-state index is -0.496. The van der Waals surface area contributed by atoms with Gasteiger partial charge in [0.15, 0.2) is 6.10 Å².